The van der Waals surface area contributed by atoms with E-state index in [1.54, 1.807) is 11.8 Å². The lowest BCUT2D eigenvalue weighted by Crippen LogP contribution is -2.12. The third kappa shape index (κ3) is 3.18. The maximum absolute atomic E-state index is 6.16. The summed E-state index contributed by atoms with van der Waals surface area (Å²) in [5.74, 6) is 0. The average Bonchev–Trinajstić information content (AvgIpc) is 2.46. The van der Waals surface area contributed by atoms with Gasteiger partial charge in [-0.3, -0.25) is 0 Å². The van der Waals surface area contributed by atoms with E-state index in [9.17, 15) is 0 Å². The van der Waals surface area contributed by atoms with Crippen molar-refractivity contribution in [1.29, 1.82) is 0 Å². The van der Waals surface area contributed by atoms with Gasteiger partial charge in [-0.1, -0.05) is 53.7 Å². The Balaban J connectivity index is 2.05. The maximum atomic E-state index is 6.16. The van der Waals surface area contributed by atoms with E-state index in [-0.39, 0.29) is 0 Å². The van der Waals surface area contributed by atoms with Crippen LogP contribution >= 0.6 is 23.4 Å². The Labute approximate surface area is 135 Å². The number of hydrogen-bond donors (Lipinski definition) is 0. The molecule has 2 aromatic carbocycles. The predicted octanol–water partition coefficient (Wildman–Crippen LogP) is 5.19. The van der Waals surface area contributed by atoms with Gasteiger partial charge in [-0.15, -0.1) is 0 Å². The van der Waals surface area contributed by atoms with E-state index >= 15 is 0 Å². The second-order valence-corrected chi connectivity index (χ2v) is 6.97. The molecule has 3 heteroatoms. The molecule has 1 nitrogen and oxygen atoms in total. The van der Waals surface area contributed by atoms with E-state index < -0.39 is 0 Å². The zero-order valence-electron chi connectivity index (χ0n) is 12.3. The van der Waals surface area contributed by atoms with Crippen molar-refractivity contribution in [1.82, 2.24) is 4.90 Å². The molecule has 108 valence electrons. The topological polar surface area (TPSA) is 3.24 Å². The van der Waals surface area contributed by atoms with Gasteiger partial charge < -0.3 is 4.90 Å². The third-order valence-electron chi connectivity index (χ3n) is 3.56. The van der Waals surface area contributed by atoms with Crippen molar-refractivity contribution in [3.8, 4) is 0 Å². The van der Waals surface area contributed by atoms with E-state index in [1.807, 2.05) is 6.07 Å². The lowest BCUT2D eigenvalue weighted by molar-refractivity contribution is 0.417. The van der Waals surface area contributed by atoms with Gasteiger partial charge in [-0.05, 0) is 55.4 Å². The molecular weight excluding hydrogens is 298 g/mol. The zero-order chi connectivity index (χ0) is 14.8. The normalized spacial score (nSPS) is 15.1. The molecule has 0 saturated carbocycles. The molecule has 0 atom stereocenters. The smallest absolute Gasteiger partial charge is 0.0417 e. The van der Waals surface area contributed by atoms with Gasteiger partial charge in [0, 0.05) is 21.4 Å². The highest BCUT2D eigenvalue weighted by atomic mass is 35.5. The van der Waals surface area contributed by atoms with Gasteiger partial charge in [0.1, 0.15) is 0 Å². The van der Waals surface area contributed by atoms with Crippen LogP contribution in [0.25, 0.3) is 5.57 Å². The molecule has 21 heavy (non-hydrogen) atoms. The van der Waals surface area contributed by atoms with Crippen molar-refractivity contribution >= 4 is 28.9 Å². The van der Waals surface area contributed by atoms with Gasteiger partial charge >= 0.3 is 0 Å². The van der Waals surface area contributed by atoms with Gasteiger partial charge in [-0.2, -0.15) is 0 Å². The molecule has 2 aromatic rings. The Kier molecular flexibility index (Phi) is 4.39. The molecule has 0 amide bonds. The van der Waals surface area contributed by atoms with E-state index in [1.165, 1.54) is 26.5 Å². The Morgan fingerprint density at radius 2 is 1.81 bits per heavy atom. The van der Waals surface area contributed by atoms with Crippen LogP contribution in [0.2, 0.25) is 5.02 Å². The first-order valence-corrected chi connectivity index (χ1v) is 8.26. The monoisotopic (exact) mass is 315 g/mol. The van der Waals surface area contributed by atoms with E-state index in [2.05, 4.69) is 61.5 Å². The lowest BCUT2D eigenvalue weighted by atomic mass is 9.96. The molecule has 0 radical (unpaired) electrons. The fourth-order valence-electron chi connectivity index (χ4n) is 2.53. The van der Waals surface area contributed by atoms with Gasteiger partial charge in [0.05, 0.1) is 0 Å². The van der Waals surface area contributed by atoms with Crippen LogP contribution in [0.1, 0.15) is 17.5 Å². The summed E-state index contributed by atoms with van der Waals surface area (Å²) in [5, 5.41) is 0.799. The van der Waals surface area contributed by atoms with Crippen molar-refractivity contribution in [2.75, 3.05) is 20.6 Å². The number of hydrogen-bond acceptors (Lipinski definition) is 2. The van der Waals surface area contributed by atoms with E-state index in [0.717, 1.165) is 18.0 Å². The Morgan fingerprint density at radius 3 is 2.62 bits per heavy atom. The molecule has 0 saturated heterocycles. The summed E-state index contributed by atoms with van der Waals surface area (Å²) >= 11 is 7.96. The lowest BCUT2D eigenvalue weighted by Gasteiger charge is -2.22. The minimum atomic E-state index is 0.799. The number of benzene rings is 2. The maximum Gasteiger partial charge on any atom is 0.0417 e. The summed E-state index contributed by atoms with van der Waals surface area (Å²) in [6.07, 6.45) is 3.40. The number of fused-ring (bicyclic) bond motifs is 2. The van der Waals surface area contributed by atoms with Crippen molar-refractivity contribution in [3.63, 3.8) is 0 Å². The van der Waals surface area contributed by atoms with Crippen molar-refractivity contribution in [2.24, 2.45) is 0 Å². The second kappa shape index (κ2) is 6.27. The third-order valence-corrected chi connectivity index (χ3v) is 4.92. The summed E-state index contributed by atoms with van der Waals surface area (Å²) in [7, 11) is 4.22. The molecule has 0 unspecified atom stereocenters. The van der Waals surface area contributed by atoms with Crippen LogP contribution in [0.15, 0.2) is 58.3 Å². The van der Waals surface area contributed by atoms with Crippen LogP contribution in [-0.4, -0.2) is 25.5 Å². The summed E-state index contributed by atoms with van der Waals surface area (Å²) < 4.78 is 0. The number of halogens is 1. The molecule has 0 fully saturated rings. The van der Waals surface area contributed by atoms with Crippen LogP contribution in [0.3, 0.4) is 0 Å². The Bertz CT molecular complexity index is 691. The average molecular weight is 316 g/mol. The minimum Gasteiger partial charge on any atom is -0.309 e. The molecule has 3 rings (SSSR count). The fraction of sp³-hybridized carbons (Fsp3) is 0.222. The SMILES string of the molecule is CN(C)CC/C=C1\c2ccccc2Sc2cc(Cl)ccc21. The predicted molar refractivity (Wildman–Crippen MR) is 92.3 cm³/mol. The van der Waals surface area contributed by atoms with Crippen molar-refractivity contribution in [3.05, 3.63) is 64.7 Å². The quantitative estimate of drug-likeness (QED) is 0.654. The molecule has 0 spiro atoms. The van der Waals surface area contributed by atoms with Crippen LogP contribution in [0, 0.1) is 0 Å². The highest BCUT2D eigenvalue weighted by Gasteiger charge is 2.20. The molecule has 0 aromatic heterocycles. The molecule has 1 aliphatic heterocycles. The van der Waals surface area contributed by atoms with E-state index in [4.69, 9.17) is 11.6 Å². The summed E-state index contributed by atoms with van der Waals surface area (Å²) in [4.78, 5) is 4.77. The van der Waals surface area contributed by atoms with Crippen molar-refractivity contribution < 1.29 is 0 Å². The number of rotatable bonds is 3. The molecule has 0 aliphatic carbocycles. The van der Waals surface area contributed by atoms with Crippen LogP contribution in [0.4, 0.5) is 0 Å². The zero-order valence-corrected chi connectivity index (χ0v) is 13.8. The largest absolute Gasteiger partial charge is 0.309 e. The van der Waals surface area contributed by atoms with Gasteiger partial charge in [-0.25, -0.2) is 0 Å². The van der Waals surface area contributed by atoms with Gasteiger partial charge in [0.2, 0.25) is 0 Å². The first-order valence-electron chi connectivity index (χ1n) is 7.07. The highest BCUT2D eigenvalue weighted by molar-refractivity contribution is 7.99. The van der Waals surface area contributed by atoms with Gasteiger partial charge in [0.25, 0.3) is 0 Å². The number of nitrogens with zero attached hydrogens (tertiary/aromatic N) is 1. The minimum absolute atomic E-state index is 0.799. The van der Waals surface area contributed by atoms with Gasteiger partial charge in [0.15, 0.2) is 0 Å². The fourth-order valence-corrected chi connectivity index (χ4v) is 3.91. The van der Waals surface area contributed by atoms with Crippen molar-refractivity contribution in [2.45, 2.75) is 16.2 Å². The van der Waals surface area contributed by atoms with Crippen LogP contribution in [0.5, 0.6) is 0 Å². The molecule has 0 N–H and O–H groups in total. The first kappa shape index (κ1) is 14.7. The first-order chi connectivity index (χ1) is 10.1. The van der Waals surface area contributed by atoms with E-state index in [0.29, 0.717) is 0 Å². The molecule has 1 aliphatic rings. The molecular formula is C18H18ClNS. The standard InChI is InChI=1S/C18H18ClNS/c1-20(2)11-5-7-14-15-6-3-4-8-17(15)21-18-12-13(19)9-10-16(14)18/h3-4,6-10,12H,5,11H2,1-2H3/b14-7+. The second-order valence-electron chi connectivity index (χ2n) is 5.45. The summed E-state index contributed by atoms with van der Waals surface area (Å²) in [6.45, 7) is 1.06. The molecule has 0 bridgehead atoms. The Hall–Kier alpha value is -1.22. The summed E-state index contributed by atoms with van der Waals surface area (Å²) in [5.41, 5.74) is 3.95. The summed E-state index contributed by atoms with van der Waals surface area (Å²) in [6, 6.07) is 14.8. The van der Waals surface area contributed by atoms with Crippen LogP contribution in [-0.2, 0) is 0 Å². The highest BCUT2D eigenvalue weighted by Crippen LogP contribution is 2.46. The molecule has 1 heterocycles. The Morgan fingerprint density at radius 1 is 1.05 bits per heavy atom. The van der Waals surface area contributed by atoms with Crippen LogP contribution < -0.4 is 0 Å².